The first-order valence-corrected chi connectivity index (χ1v) is 13.0. The molecule has 7 heteroatoms. The molecule has 0 radical (unpaired) electrons. The molecular weight excluding hydrogens is 478 g/mol. The van der Waals surface area contributed by atoms with Gasteiger partial charge < -0.3 is 24.4 Å². The fourth-order valence-corrected chi connectivity index (χ4v) is 5.55. The molecule has 1 saturated heterocycles. The van der Waals surface area contributed by atoms with Gasteiger partial charge in [-0.3, -0.25) is 4.98 Å². The molecule has 2 aromatic heterocycles. The van der Waals surface area contributed by atoms with Gasteiger partial charge in [0.2, 0.25) is 0 Å². The second-order valence-corrected chi connectivity index (χ2v) is 9.88. The Balaban J connectivity index is 1.61. The highest BCUT2D eigenvalue weighted by atomic mass is 32.1. The Morgan fingerprint density at radius 1 is 0.973 bits per heavy atom. The van der Waals surface area contributed by atoms with Crippen LogP contribution in [0.5, 0.6) is 5.75 Å². The largest absolute Gasteiger partial charge is 0.494 e. The summed E-state index contributed by atoms with van der Waals surface area (Å²) >= 11 is 5.92. The van der Waals surface area contributed by atoms with Crippen molar-refractivity contribution in [2.75, 3.05) is 30.5 Å². The second-order valence-electron chi connectivity index (χ2n) is 9.50. The number of aromatic nitrogens is 2. The molecule has 0 bridgehead atoms. The van der Waals surface area contributed by atoms with Crippen molar-refractivity contribution in [3.8, 4) is 11.4 Å². The Morgan fingerprint density at radius 2 is 1.68 bits per heavy atom. The molecule has 4 aromatic rings. The number of ether oxygens (including phenoxy) is 1. The van der Waals surface area contributed by atoms with Gasteiger partial charge >= 0.3 is 0 Å². The van der Waals surface area contributed by atoms with Crippen LogP contribution in [-0.2, 0) is 0 Å². The molecule has 0 unspecified atom stereocenters. The summed E-state index contributed by atoms with van der Waals surface area (Å²) in [6.07, 6.45) is 1.84. The highest BCUT2D eigenvalue weighted by molar-refractivity contribution is 7.80. The number of hydrogen-bond donors (Lipinski definition) is 1. The van der Waals surface area contributed by atoms with Crippen LogP contribution in [0.15, 0.2) is 79.0 Å². The minimum Gasteiger partial charge on any atom is -0.494 e. The molecule has 190 valence electrons. The van der Waals surface area contributed by atoms with Gasteiger partial charge in [-0.2, -0.15) is 0 Å². The molecule has 1 aliphatic rings. The van der Waals surface area contributed by atoms with E-state index in [1.54, 1.807) is 0 Å². The molecule has 0 aliphatic carbocycles. The van der Waals surface area contributed by atoms with E-state index >= 15 is 0 Å². The van der Waals surface area contributed by atoms with Crippen LogP contribution in [0, 0.1) is 13.8 Å². The molecule has 5 rings (SSSR count). The molecule has 6 nitrogen and oxygen atoms in total. The molecule has 2 aromatic carbocycles. The van der Waals surface area contributed by atoms with Crippen molar-refractivity contribution in [3.05, 3.63) is 102 Å². The second kappa shape index (κ2) is 10.3. The van der Waals surface area contributed by atoms with Crippen LogP contribution in [-0.4, -0.2) is 35.4 Å². The molecule has 3 heterocycles. The lowest BCUT2D eigenvalue weighted by atomic mass is 9.96. The summed E-state index contributed by atoms with van der Waals surface area (Å²) in [5.41, 5.74) is 7.87. The Bertz CT molecular complexity index is 1380. The number of thiocarbonyl (C=S) groups is 1. The van der Waals surface area contributed by atoms with Crippen LogP contribution in [0.1, 0.15) is 41.7 Å². The number of benzene rings is 2. The van der Waals surface area contributed by atoms with E-state index in [0.717, 1.165) is 22.8 Å². The standard InChI is InChI=1S/C30H33N5OS/c1-6-36-25-16-14-24(15-17-25)35-29(28(32-30(35)37)27-9-7-8-18-31-27)26-19-20(2)34(21(26)3)23-12-10-22(11-13-23)33(4)5/h7-19,28-29H,6H2,1-5H3,(H,32,37)/t28-,29+/m1/s1. The van der Waals surface area contributed by atoms with E-state index in [9.17, 15) is 0 Å². The molecule has 0 spiro atoms. The first-order chi connectivity index (χ1) is 17.9. The van der Waals surface area contributed by atoms with Crippen molar-refractivity contribution in [1.82, 2.24) is 14.9 Å². The topological polar surface area (TPSA) is 45.6 Å². The summed E-state index contributed by atoms with van der Waals surface area (Å²) in [7, 11) is 4.12. The van der Waals surface area contributed by atoms with Crippen LogP contribution in [0.25, 0.3) is 5.69 Å². The third-order valence-corrected chi connectivity index (χ3v) is 7.25. The zero-order chi connectivity index (χ0) is 26.1. The summed E-state index contributed by atoms with van der Waals surface area (Å²) in [4.78, 5) is 9.03. The lowest BCUT2D eigenvalue weighted by Crippen LogP contribution is -2.29. The first kappa shape index (κ1) is 24.8. The van der Waals surface area contributed by atoms with Gasteiger partial charge in [-0.1, -0.05) is 6.07 Å². The summed E-state index contributed by atoms with van der Waals surface area (Å²) in [6, 6.07) is 25.0. The molecule has 37 heavy (non-hydrogen) atoms. The minimum absolute atomic E-state index is 0.0682. The summed E-state index contributed by atoms with van der Waals surface area (Å²) in [5.74, 6) is 0.849. The number of rotatable bonds is 7. The quantitative estimate of drug-likeness (QED) is 0.301. The highest BCUT2D eigenvalue weighted by Gasteiger charge is 2.42. The molecule has 1 N–H and O–H groups in total. The summed E-state index contributed by atoms with van der Waals surface area (Å²) in [5, 5.41) is 4.26. The molecule has 1 fully saturated rings. The van der Waals surface area contributed by atoms with Crippen LogP contribution in [0.4, 0.5) is 11.4 Å². The van der Waals surface area contributed by atoms with Gasteiger partial charge in [-0.15, -0.1) is 0 Å². The molecule has 2 atom stereocenters. The predicted octanol–water partition coefficient (Wildman–Crippen LogP) is 6.13. The van der Waals surface area contributed by atoms with Crippen molar-refractivity contribution in [2.24, 2.45) is 0 Å². The first-order valence-electron chi connectivity index (χ1n) is 12.6. The number of anilines is 2. The molecular formula is C30H33N5OS. The SMILES string of the molecule is CCOc1ccc(N2C(=S)N[C@H](c3ccccn3)[C@@H]2c2cc(C)n(-c3ccc(N(C)C)cc3)c2C)cc1. The zero-order valence-corrected chi connectivity index (χ0v) is 22.8. The van der Waals surface area contributed by atoms with Gasteiger partial charge in [0, 0.05) is 48.7 Å². The number of pyridine rings is 1. The van der Waals surface area contributed by atoms with Crippen molar-refractivity contribution in [3.63, 3.8) is 0 Å². The van der Waals surface area contributed by atoms with Crippen molar-refractivity contribution in [1.29, 1.82) is 0 Å². The lowest BCUT2D eigenvalue weighted by molar-refractivity contribution is 0.340. The van der Waals surface area contributed by atoms with E-state index in [1.165, 1.54) is 22.6 Å². The Labute approximate surface area is 224 Å². The van der Waals surface area contributed by atoms with E-state index in [2.05, 4.69) is 96.2 Å². The predicted molar refractivity (Wildman–Crippen MR) is 155 cm³/mol. The van der Waals surface area contributed by atoms with Gasteiger partial charge in [-0.25, -0.2) is 0 Å². The fourth-order valence-electron chi connectivity index (χ4n) is 5.20. The van der Waals surface area contributed by atoms with Gasteiger partial charge in [0.05, 0.1) is 24.4 Å². The van der Waals surface area contributed by atoms with E-state index in [4.69, 9.17) is 21.9 Å². The van der Waals surface area contributed by atoms with Crippen LogP contribution >= 0.6 is 12.2 Å². The fraction of sp³-hybridized carbons (Fsp3) is 0.267. The number of aryl methyl sites for hydroxylation is 1. The van der Waals surface area contributed by atoms with Crippen molar-refractivity contribution in [2.45, 2.75) is 32.9 Å². The van der Waals surface area contributed by atoms with Crippen LogP contribution in [0.2, 0.25) is 0 Å². The molecule has 1 aliphatic heterocycles. The maximum Gasteiger partial charge on any atom is 0.174 e. The third-order valence-electron chi connectivity index (χ3n) is 6.94. The third kappa shape index (κ3) is 4.67. The van der Waals surface area contributed by atoms with Gasteiger partial charge in [0.15, 0.2) is 5.11 Å². The maximum absolute atomic E-state index is 5.92. The smallest absolute Gasteiger partial charge is 0.174 e. The highest BCUT2D eigenvalue weighted by Crippen LogP contribution is 2.44. The number of nitrogens with zero attached hydrogens (tertiary/aromatic N) is 4. The van der Waals surface area contributed by atoms with Gasteiger partial charge in [0.25, 0.3) is 0 Å². The molecule has 0 amide bonds. The Kier molecular flexibility index (Phi) is 6.89. The van der Waals surface area contributed by atoms with E-state index in [0.29, 0.717) is 11.7 Å². The molecule has 0 saturated carbocycles. The summed E-state index contributed by atoms with van der Waals surface area (Å²) < 4.78 is 8.00. The normalized spacial score (nSPS) is 17.1. The Morgan fingerprint density at radius 3 is 2.30 bits per heavy atom. The van der Waals surface area contributed by atoms with E-state index in [-0.39, 0.29) is 12.1 Å². The maximum atomic E-state index is 5.92. The Hall–Kier alpha value is -3.84. The van der Waals surface area contributed by atoms with Crippen molar-refractivity contribution >= 4 is 28.7 Å². The van der Waals surface area contributed by atoms with E-state index in [1.807, 2.05) is 37.4 Å². The lowest BCUT2D eigenvalue weighted by Gasteiger charge is -2.28. The summed E-state index contributed by atoms with van der Waals surface area (Å²) in [6.45, 7) is 6.98. The van der Waals surface area contributed by atoms with E-state index < -0.39 is 0 Å². The monoisotopic (exact) mass is 511 g/mol. The van der Waals surface area contributed by atoms with Crippen LogP contribution in [0.3, 0.4) is 0 Å². The average Bonchev–Trinajstić information content (AvgIpc) is 3.40. The number of nitrogens with one attached hydrogen (secondary N) is 1. The van der Waals surface area contributed by atoms with Crippen molar-refractivity contribution < 1.29 is 4.74 Å². The number of hydrogen-bond acceptors (Lipinski definition) is 4. The van der Waals surface area contributed by atoms with Gasteiger partial charge in [0.1, 0.15) is 5.75 Å². The average molecular weight is 512 g/mol. The zero-order valence-electron chi connectivity index (χ0n) is 22.0. The minimum atomic E-state index is -0.0923. The van der Waals surface area contributed by atoms with Crippen LogP contribution < -0.4 is 19.9 Å². The van der Waals surface area contributed by atoms with Gasteiger partial charge in [-0.05, 0) is 105 Å².